The van der Waals surface area contributed by atoms with E-state index in [0.29, 0.717) is 26.2 Å². The Kier molecular flexibility index (Phi) is 4.84. The first-order valence-electron chi connectivity index (χ1n) is 4.79. The Morgan fingerprint density at radius 2 is 1.60 bits per heavy atom. The second kappa shape index (κ2) is 5.92. The van der Waals surface area contributed by atoms with Crippen molar-refractivity contribution in [1.82, 2.24) is 9.80 Å². The molecule has 0 atom stereocenters. The Bertz CT molecular complexity index is 240. The highest BCUT2D eigenvalue weighted by Gasteiger charge is 2.23. The molecule has 6 heteroatoms. The Hall–Kier alpha value is -0.810. The number of nitrogens with zero attached hydrogens (tertiary/aromatic N) is 2. The largest absolute Gasteiger partial charge is 0.375 e. The summed E-state index contributed by atoms with van der Waals surface area (Å²) >= 11 is 5.44. The summed E-state index contributed by atoms with van der Waals surface area (Å²) in [7, 11) is 1.49. The van der Waals surface area contributed by atoms with Gasteiger partial charge in [-0.2, -0.15) is 0 Å². The molecule has 1 aliphatic heterocycles. The van der Waals surface area contributed by atoms with Crippen LogP contribution in [0.5, 0.6) is 0 Å². The van der Waals surface area contributed by atoms with Gasteiger partial charge in [0.1, 0.15) is 12.5 Å². The van der Waals surface area contributed by atoms with Gasteiger partial charge >= 0.3 is 0 Å². The van der Waals surface area contributed by atoms with Crippen molar-refractivity contribution in [1.29, 1.82) is 0 Å². The maximum Gasteiger partial charge on any atom is 0.248 e. The molecular formula is C9H15ClN2O3. The predicted molar refractivity (Wildman–Crippen MR) is 55.8 cm³/mol. The normalized spacial score (nSPS) is 16.7. The molecule has 0 saturated carbocycles. The molecule has 86 valence electrons. The number of methoxy groups -OCH3 is 1. The molecule has 0 aromatic carbocycles. The molecule has 1 fully saturated rings. The lowest BCUT2D eigenvalue weighted by Gasteiger charge is -2.34. The van der Waals surface area contributed by atoms with Crippen molar-refractivity contribution in [3.63, 3.8) is 0 Å². The smallest absolute Gasteiger partial charge is 0.248 e. The van der Waals surface area contributed by atoms with E-state index < -0.39 is 0 Å². The quantitative estimate of drug-likeness (QED) is 0.621. The number of piperazine rings is 1. The van der Waals surface area contributed by atoms with Crippen LogP contribution in [-0.2, 0) is 14.3 Å². The van der Waals surface area contributed by atoms with Crippen LogP contribution in [0.25, 0.3) is 0 Å². The Morgan fingerprint density at radius 1 is 1.13 bits per heavy atom. The van der Waals surface area contributed by atoms with Crippen molar-refractivity contribution < 1.29 is 14.3 Å². The van der Waals surface area contributed by atoms with Gasteiger partial charge in [-0.1, -0.05) is 0 Å². The number of halogens is 1. The summed E-state index contributed by atoms with van der Waals surface area (Å²) in [4.78, 5) is 26.0. The summed E-state index contributed by atoms with van der Waals surface area (Å²) in [6.45, 7) is 2.33. The third kappa shape index (κ3) is 3.35. The van der Waals surface area contributed by atoms with E-state index in [4.69, 9.17) is 16.3 Å². The van der Waals surface area contributed by atoms with E-state index in [1.54, 1.807) is 9.80 Å². The maximum absolute atomic E-state index is 11.4. The Morgan fingerprint density at radius 3 is 2.00 bits per heavy atom. The third-order valence-corrected chi connectivity index (χ3v) is 2.60. The molecule has 0 spiro atoms. The predicted octanol–water partition coefficient (Wildman–Crippen LogP) is -0.458. The molecule has 0 bridgehead atoms. The first kappa shape index (κ1) is 12.3. The van der Waals surface area contributed by atoms with Crippen molar-refractivity contribution in [2.75, 3.05) is 45.8 Å². The average molecular weight is 235 g/mol. The summed E-state index contributed by atoms with van der Waals surface area (Å²) in [5.41, 5.74) is 0. The minimum atomic E-state index is -0.0736. The standard InChI is InChI=1S/C9H15ClN2O3/c1-15-7-9(14)12-4-2-11(3-5-12)8(13)6-10/h2-7H2,1H3. The molecular weight excluding hydrogens is 220 g/mol. The van der Waals surface area contributed by atoms with Gasteiger partial charge in [0.2, 0.25) is 11.8 Å². The molecule has 1 rings (SSSR count). The number of alkyl halides is 1. The van der Waals surface area contributed by atoms with Gasteiger partial charge in [0.25, 0.3) is 0 Å². The molecule has 0 aliphatic carbocycles. The Labute approximate surface area is 93.9 Å². The SMILES string of the molecule is COCC(=O)N1CCN(C(=O)CCl)CC1. The summed E-state index contributed by atoms with van der Waals surface area (Å²) < 4.78 is 4.76. The zero-order valence-electron chi connectivity index (χ0n) is 8.74. The van der Waals surface area contributed by atoms with E-state index in [1.165, 1.54) is 7.11 Å². The summed E-state index contributed by atoms with van der Waals surface area (Å²) in [5, 5.41) is 0. The average Bonchev–Trinajstić information content (AvgIpc) is 2.28. The van der Waals surface area contributed by atoms with Crippen molar-refractivity contribution in [3.05, 3.63) is 0 Å². The number of rotatable bonds is 3. The molecule has 0 N–H and O–H groups in total. The van der Waals surface area contributed by atoms with Crippen LogP contribution in [0, 0.1) is 0 Å². The molecule has 1 heterocycles. The fraction of sp³-hybridized carbons (Fsp3) is 0.778. The maximum atomic E-state index is 11.4. The van der Waals surface area contributed by atoms with Crippen molar-refractivity contribution in [2.24, 2.45) is 0 Å². The van der Waals surface area contributed by atoms with Gasteiger partial charge in [-0.25, -0.2) is 0 Å². The highest BCUT2D eigenvalue weighted by molar-refractivity contribution is 6.27. The molecule has 2 amide bonds. The van der Waals surface area contributed by atoms with Crippen LogP contribution in [0.2, 0.25) is 0 Å². The number of carbonyl (C=O) groups excluding carboxylic acids is 2. The van der Waals surface area contributed by atoms with Crippen molar-refractivity contribution >= 4 is 23.4 Å². The topological polar surface area (TPSA) is 49.9 Å². The van der Waals surface area contributed by atoms with E-state index in [0.717, 1.165) is 0 Å². The molecule has 1 saturated heterocycles. The van der Waals surface area contributed by atoms with Crippen molar-refractivity contribution in [3.8, 4) is 0 Å². The summed E-state index contributed by atoms with van der Waals surface area (Å²) in [6, 6.07) is 0. The van der Waals surface area contributed by atoms with E-state index in [-0.39, 0.29) is 24.3 Å². The van der Waals surface area contributed by atoms with Gasteiger partial charge in [0.15, 0.2) is 0 Å². The monoisotopic (exact) mass is 234 g/mol. The van der Waals surface area contributed by atoms with E-state index in [2.05, 4.69) is 0 Å². The molecule has 5 nitrogen and oxygen atoms in total. The van der Waals surface area contributed by atoms with Crippen LogP contribution in [0.1, 0.15) is 0 Å². The van der Waals surface area contributed by atoms with Crippen LogP contribution in [0.3, 0.4) is 0 Å². The van der Waals surface area contributed by atoms with Crippen LogP contribution >= 0.6 is 11.6 Å². The van der Waals surface area contributed by atoms with Gasteiger partial charge in [0, 0.05) is 33.3 Å². The number of ether oxygens (including phenoxy) is 1. The van der Waals surface area contributed by atoms with Gasteiger partial charge < -0.3 is 14.5 Å². The number of hydrogen-bond acceptors (Lipinski definition) is 3. The van der Waals surface area contributed by atoms with Gasteiger partial charge in [-0.3, -0.25) is 9.59 Å². The fourth-order valence-electron chi connectivity index (χ4n) is 1.50. The van der Waals surface area contributed by atoms with Gasteiger partial charge in [-0.15, -0.1) is 11.6 Å². The van der Waals surface area contributed by atoms with E-state index in [9.17, 15) is 9.59 Å². The van der Waals surface area contributed by atoms with Crippen molar-refractivity contribution in [2.45, 2.75) is 0 Å². The Balaban J connectivity index is 2.35. The molecule has 0 radical (unpaired) electrons. The highest BCUT2D eigenvalue weighted by atomic mass is 35.5. The molecule has 1 aliphatic rings. The van der Waals surface area contributed by atoms with E-state index >= 15 is 0 Å². The lowest BCUT2D eigenvalue weighted by atomic mass is 10.3. The number of carbonyl (C=O) groups is 2. The lowest BCUT2D eigenvalue weighted by Crippen LogP contribution is -2.51. The first-order valence-corrected chi connectivity index (χ1v) is 5.33. The first-order chi connectivity index (χ1) is 7.19. The van der Waals surface area contributed by atoms with E-state index in [1.807, 2.05) is 0 Å². The molecule has 0 aromatic rings. The third-order valence-electron chi connectivity index (χ3n) is 2.37. The molecule has 15 heavy (non-hydrogen) atoms. The minimum absolute atomic E-state index is 0.00597. The zero-order valence-corrected chi connectivity index (χ0v) is 9.50. The molecule has 0 unspecified atom stereocenters. The summed E-state index contributed by atoms with van der Waals surface area (Å²) in [5.74, 6) is -0.0996. The number of hydrogen-bond donors (Lipinski definition) is 0. The summed E-state index contributed by atoms with van der Waals surface area (Å²) in [6.07, 6.45) is 0. The zero-order chi connectivity index (χ0) is 11.3. The fourth-order valence-corrected chi connectivity index (χ4v) is 1.67. The van der Waals surface area contributed by atoms with Crippen LogP contribution in [-0.4, -0.2) is 67.4 Å². The van der Waals surface area contributed by atoms with Gasteiger partial charge in [-0.05, 0) is 0 Å². The number of amides is 2. The lowest BCUT2D eigenvalue weighted by molar-refractivity contribution is -0.140. The van der Waals surface area contributed by atoms with Crippen LogP contribution in [0.15, 0.2) is 0 Å². The van der Waals surface area contributed by atoms with Gasteiger partial charge in [0.05, 0.1) is 0 Å². The minimum Gasteiger partial charge on any atom is -0.375 e. The van der Waals surface area contributed by atoms with Crippen LogP contribution in [0.4, 0.5) is 0 Å². The highest BCUT2D eigenvalue weighted by Crippen LogP contribution is 2.03. The molecule has 0 aromatic heterocycles. The van der Waals surface area contributed by atoms with Crippen LogP contribution < -0.4 is 0 Å². The second-order valence-electron chi connectivity index (χ2n) is 3.33. The second-order valence-corrected chi connectivity index (χ2v) is 3.60.